The molecule has 10 heteroatoms. The molecule has 250 valence electrons. The van der Waals surface area contributed by atoms with Gasteiger partial charge in [-0.25, -0.2) is 4.39 Å². The predicted molar refractivity (Wildman–Crippen MR) is 176 cm³/mol. The Balaban J connectivity index is 1.77. The van der Waals surface area contributed by atoms with E-state index in [-0.39, 0.29) is 41.6 Å². The Morgan fingerprint density at radius 3 is 2.13 bits per heavy atom. The maximum atomic E-state index is 14.1. The number of hydrogen-bond acceptors (Lipinski definition) is 5. The van der Waals surface area contributed by atoms with E-state index in [4.69, 9.17) is 0 Å². The van der Waals surface area contributed by atoms with Crippen molar-refractivity contribution in [1.82, 2.24) is 20.0 Å². The fourth-order valence-corrected chi connectivity index (χ4v) is 6.44. The second kappa shape index (κ2) is 15.3. The van der Waals surface area contributed by atoms with E-state index in [1.54, 1.807) is 29.8 Å². The molecule has 0 saturated carbocycles. The lowest BCUT2D eigenvalue weighted by Gasteiger charge is -2.41. The second-order valence-electron chi connectivity index (χ2n) is 14.3. The van der Waals surface area contributed by atoms with Crippen molar-refractivity contribution in [2.24, 2.45) is 11.3 Å². The van der Waals surface area contributed by atoms with Gasteiger partial charge in [0, 0.05) is 30.9 Å². The zero-order chi connectivity index (χ0) is 33.6. The summed E-state index contributed by atoms with van der Waals surface area (Å²) in [6, 6.07) is 3.67. The number of amides is 4. The maximum absolute atomic E-state index is 14.1. The van der Waals surface area contributed by atoms with Crippen molar-refractivity contribution in [3.8, 4) is 0 Å². The summed E-state index contributed by atoms with van der Waals surface area (Å²) < 4.78 is 13.3. The number of anilines is 1. The van der Waals surface area contributed by atoms with Gasteiger partial charge in [0.25, 0.3) is 0 Å². The average molecular weight is 628 g/mol. The largest absolute Gasteiger partial charge is 0.342 e. The Morgan fingerprint density at radius 1 is 0.933 bits per heavy atom. The van der Waals surface area contributed by atoms with Crippen LogP contribution in [0.2, 0.25) is 0 Å². The molecule has 2 N–H and O–H groups in total. The van der Waals surface area contributed by atoms with Crippen LogP contribution in [0.25, 0.3) is 0 Å². The number of benzene rings is 1. The number of nitrogens with zero attached hydrogens (tertiary/aromatic N) is 3. The van der Waals surface area contributed by atoms with Gasteiger partial charge in [0.1, 0.15) is 17.9 Å². The lowest BCUT2D eigenvalue weighted by molar-refractivity contribution is -0.142. The summed E-state index contributed by atoms with van der Waals surface area (Å²) in [4.78, 5) is 59.9. The minimum atomic E-state index is -0.755. The average Bonchev–Trinajstić information content (AvgIpc) is 3.48. The number of piperidine rings is 1. The monoisotopic (exact) mass is 627 g/mol. The van der Waals surface area contributed by atoms with Crippen LogP contribution in [0.5, 0.6) is 0 Å². The minimum absolute atomic E-state index is 0.0241. The van der Waals surface area contributed by atoms with Gasteiger partial charge in [-0.05, 0) is 88.6 Å². The van der Waals surface area contributed by atoms with E-state index in [0.717, 1.165) is 25.8 Å². The van der Waals surface area contributed by atoms with Crippen LogP contribution in [0.3, 0.4) is 0 Å². The fourth-order valence-electron chi connectivity index (χ4n) is 6.44. The molecule has 2 heterocycles. The van der Waals surface area contributed by atoms with E-state index in [1.165, 1.54) is 24.3 Å². The molecular weight excluding hydrogens is 573 g/mol. The third-order valence-electron chi connectivity index (χ3n) is 9.07. The Labute approximate surface area is 269 Å². The van der Waals surface area contributed by atoms with Crippen LogP contribution in [0.15, 0.2) is 35.9 Å². The number of rotatable bonds is 10. The molecule has 9 nitrogen and oxygen atoms in total. The summed E-state index contributed by atoms with van der Waals surface area (Å²) in [6.07, 6.45) is 5.83. The number of halogens is 1. The van der Waals surface area contributed by atoms with E-state index in [9.17, 15) is 23.6 Å². The second-order valence-corrected chi connectivity index (χ2v) is 14.3. The molecule has 3 rings (SSSR count). The molecular formula is C35H54FN5O4. The number of likely N-dealkylation sites (N-methyl/N-ethyl adjacent to an activating group) is 1. The molecule has 2 aliphatic rings. The number of carbonyl (C=O) groups excluding carboxylic acids is 4. The lowest BCUT2D eigenvalue weighted by Crippen LogP contribution is -2.60. The first-order valence-corrected chi connectivity index (χ1v) is 16.4. The summed E-state index contributed by atoms with van der Waals surface area (Å²) in [5.41, 5.74) is 0.365. The highest BCUT2D eigenvalue weighted by molar-refractivity contribution is 6.01. The van der Waals surface area contributed by atoms with E-state index < -0.39 is 29.4 Å². The normalized spacial score (nSPS) is 21.1. The van der Waals surface area contributed by atoms with Crippen LogP contribution in [-0.4, -0.2) is 88.7 Å². The van der Waals surface area contributed by atoms with Crippen LogP contribution < -0.4 is 10.6 Å². The molecule has 2 saturated heterocycles. The Kier molecular flexibility index (Phi) is 12.3. The van der Waals surface area contributed by atoms with Crippen LogP contribution in [-0.2, 0) is 19.2 Å². The zero-order valence-corrected chi connectivity index (χ0v) is 28.7. The van der Waals surface area contributed by atoms with Crippen LogP contribution in [0, 0.1) is 17.2 Å². The van der Waals surface area contributed by atoms with Crippen molar-refractivity contribution >= 4 is 29.3 Å². The topological polar surface area (TPSA) is 102 Å². The maximum Gasteiger partial charge on any atom is 0.249 e. The van der Waals surface area contributed by atoms with Crippen LogP contribution in [0.1, 0.15) is 87.5 Å². The third kappa shape index (κ3) is 9.15. The molecule has 4 atom stereocenters. The van der Waals surface area contributed by atoms with Gasteiger partial charge in [0.2, 0.25) is 23.6 Å². The lowest BCUT2D eigenvalue weighted by atomic mass is 9.84. The quantitative estimate of drug-likeness (QED) is 0.357. The number of carbonyl (C=O) groups is 4. The highest BCUT2D eigenvalue weighted by Gasteiger charge is 2.40. The molecule has 0 spiro atoms. The zero-order valence-electron chi connectivity index (χ0n) is 28.7. The summed E-state index contributed by atoms with van der Waals surface area (Å²) in [5.74, 6) is -1.32. The van der Waals surface area contributed by atoms with Gasteiger partial charge in [0.05, 0.1) is 12.1 Å². The Morgan fingerprint density at radius 2 is 1.56 bits per heavy atom. The van der Waals surface area contributed by atoms with Crippen molar-refractivity contribution in [3.63, 3.8) is 0 Å². The summed E-state index contributed by atoms with van der Waals surface area (Å²) >= 11 is 0. The summed E-state index contributed by atoms with van der Waals surface area (Å²) in [7, 11) is 1.72. The van der Waals surface area contributed by atoms with Gasteiger partial charge < -0.3 is 20.4 Å². The highest BCUT2D eigenvalue weighted by atomic mass is 19.1. The molecule has 2 unspecified atom stereocenters. The van der Waals surface area contributed by atoms with E-state index in [1.807, 2.05) is 34.6 Å². The first-order valence-electron chi connectivity index (χ1n) is 16.4. The smallest absolute Gasteiger partial charge is 0.249 e. The third-order valence-corrected chi connectivity index (χ3v) is 9.07. The van der Waals surface area contributed by atoms with Crippen molar-refractivity contribution < 1.29 is 23.6 Å². The van der Waals surface area contributed by atoms with Gasteiger partial charge in [0.15, 0.2) is 0 Å². The van der Waals surface area contributed by atoms with Crippen molar-refractivity contribution in [1.29, 1.82) is 0 Å². The Hall–Kier alpha value is -3.27. The fraction of sp³-hybridized carbons (Fsp3) is 0.657. The molecule has 0 aliphatic carbocycles. The first-order chi connectivity index (χ1) is 21.0. The standard InChI is InChI=1S/C35H54FN5O4/c1-22(2)29(21-24(5)33(44)41-20-12-14-28(41)31(42)37-26-17-15-25(36)16-18-26)39(9)34(45)30(35(6,7)8)38-32(43)27-13-10-11-19-40(27)23(3)4/h15-18,21-23,27-30H,10-14,19-20H2,1-9H3,(H,37,42)(H,38,43)/b24-21+/t27?,28-,29+,30?/m0/s1. The van der Waals surface area contributed by atoms with Gasteiger partial charge in [-0.2, -0.15) is 0 Å². The van der Waals surface area contributed by atoms with Gasteiger partial charge in [-0.15, -0.1) is 0 Å². The van der Waals surface area contributed by atoms with Crippen molar-refractivity contribution in [2.75, 3.05) is 25.5 Å². The minimum Gasteiger partial charge on any atom is -0.342 e. The molecule has 2 fully saturated rings. The first kappa shape index (κ1) is 36.2. The molecule has 4 amide bonds. The van der Waals surface area contributed by atoms with Crippen molar-refractivity contribution in [2.45, 2.75) is 118 Å². The predicted octanol–water partition coefficient (Wildman–Crippen LogP) is 4.98. The molecule has 0 bridgehead atoms. The number of likely N-dealkylation sites (tertiary alicyclic amines) is 2. The van der Waals surface area contributed by atoms with Crippen LogP contribution in [0.4, 0.5) is 10.1 Å². The molecule has 45 heavy (non-hydrogen) atoms. The SMILES string of the molecule is C/C(=C\[C@H](C(C)C)N(C)C(=O)C(NC(=O)C1CCCCN1C(C)C)C(C)(C)C)C(=O)N1CCC[C@H]1C(=O)Nc1ccc(F)cc1. The number of nitrogens with one attached hydrogen (secondary N) is 2. The van der Waals surface area contributed by atoms with Gasteiger partial charge >= 0.3 is 0 Å². The molecule has 1 aromatic rings. The molecule has 2 aliphatic heterocycles. The van der Waals surface area contributed by atoms with E-state index >= 15 is 0 Å². The number of hydrogen-bond donors (Lipinski definition) is 2. The molecule has 1 aromatic carbocycles. The Bertz CT molecular complexity index is 1240. The van der Waals surface area contributed by atoms with Crippen LogP contribution >= 0.6 is 0 Å². The molecule has 0 aromatic heterocycles. The van der Waals surface area contributed by atoms with E-state index in [2.05, 4.69) is 29.4 Å². The summed E-state index contributed by atoms with van der Waals surface area (Å²) in [5, 5.41) is 5.91. The molecule has 0 radical (unpaired) electrons. The van der Waals surface area contributed by atoms with E-state index in [0.29, 0.717) is 30.6 Å². The van der Waals surface area contributed by atoms with Gasteiger partial charge in [-0.1, -0.05) is 47.1 Å². The highest BCUT2D eigenvalue weighted by Crippen LogP contribution is 2.27. The van der Waals surface area contributed by atoms with Gasteiger partial charge in [-0.3, -0.25) is 24.1 Å². The summed E-state index contributed by atoms with van der Waals surface area (Å²) in [6.45, 7) is 17.0. The van der Waals surface area contributed by atoms with Crippen molar-refractivity contribution in [3.05, 3.63) is 41.7 Å².